The molecule has 0 saturated heterocycles. The van der Waals surface area contributed by atoms with Crippen LogP contribution in [0.3, 0.4) is 0 Å². The standard InChI is InChI=1S/C12H19N3O2S/c1-12(2,8-3-4-8)15-10-6-5-9(13)7-11(10)18(14,16)17/h5-8,15H,3-4,13H2,1-2H3,(H2,14,16,17). The summed E-state index contributed by atoms with van der Waals surface area (Å²) >= 11 is 0. The number of nitrogens with one attached hydrogen (secondary N) is 1. The molecule has 0 spiro atoms. The molecule has 0 aromatic heterocycles. The van der Waals surface area contributed by atoms with Gasteiger partial charge < -0.3 is 11.1 Å². The van der Waals surface area contributed by atoms with Gasteiger partial charge in [0.2, 0.25) is 10.0 Å². The first kappa shape index (κ1) is 13.2. The van der Waals surface area contributed by atoms with E-state index in [2.05, 4.69) is 19.2 Å². The van der Waals surface area contributed by atoms with E-state index in [9.17, 15) is 8.42 Å². The van der Waals surface area contributed by atoms with Gasteiger partial charge in [-0.05, 0) is 50.8 Å². The lowest BCUT2D eigenvalue weighted by molar-refractivity contribution is 0.493. The summed E-state index contributed by atoms with van der Waals surface area (Å²) in [7, 11) is -3.78. The van der Waals surface area contributed by atoms with E-state index in [0.29, 0.717) is 17.3 Å². The predicted molar refractivity (Wildman–Crippen MR) is 72.7 cm³/mol. The monoisotopic (exact) mass is 269 g/mol. The molecule has 0 unspecified atom stereocenters. The number of hydrogen-bond donors (Lipinski definition) is 3. The number of benzene rings is 1. The van der Waals surface area contributed by atoms with Gasteiger partial charge in [0.25, 0.3) is 0 Å². The Morgan fingerprint density at radius 1 is 1.33 bits per heavy atom. The van der Waals surface area contributed by atoms with Crippen molar-refractivity contribution in [1.29, 1.82) is 0 Å². The maximum Gasteiger partial charge on any atom is 0.240 e. The largest absolute Gasteiger partial charge is 0.399 e. The molecule has 1 aromatic carbocycles. The molecule has 0 amide bonds. The fourth-order valence-corrected chi connectivity index (χ4v) is 2.86. The predicted octanol–water partition coefficient (Wildman–Crippen LogP) is 1.52. The molecule has 0 aliphatic heterocycles. The lowest BCUT2D eigenvalue weighted by Crippen LogP contribution is -2.34. The summed E-state index contributed by atoms with van der Waals surface area (Å²) in [6.07, 6.45) is 2.33. The van der Waals surface area contributed by atoms with Crippen LogP contribution in [-0.2, 0) is 10.0 Å². The Labute approximate surface area is 108 Å². The highest BCUT2D eigenvalue weighted by molar-refractivity contribution is 7.89. The molecule has 100 valence electrons. The molecule has 2 rings (SSSR count). The van der Waals surface area contributed by atoms with E-state index in [1.807, 2.05) is 0 Å². The van der Waals surface area contributed by atoms with Gasteiger partial charge in [-0.15, -0.1) is 0 Å². The van der Waals surface area contributed by atoms with Crippen LogP contribution in [0.25, 0.3) is 0 Å². The van der Waals surface area contributed by atoms with Crippen LogP contribution in [0.2, 0.25) is 0 Å². The molecule has 0 atom stereocenters. The minimum absolute atomic E-state index is 0.0521. The molecule has 1 saturated carbocycles. The van der Waals surface area contributed by atoms with Gasteiger partial charge in [0.1, 0.15) is 4.90 Å². The van der Waals surface area contributed by atoms with Crippen LogP contribution in [-0.4, -0.2) is 14.0 Å². The SMILES string of the molecule is CC(C)(Nc1ccc(N)cc1S(N)(=O)=O)C1CC1. The molecule has 5 N–H and O–H groups in total. The Morgan fingerprint density at radius 3 is 2.44 bits per heavy atom. The van der Waals surface area contributed by atoms with Crippen molar-refractivity contribution in [2.24, 2.45) is 11.1 Å². The van der Waals surface area contributed by atoms with Crippen molar-refractivity contribution in [2.75, 3.05) is 11.1 Å². The summed E-state index contributed by atoms with van der Waals surface area (Å²) in [5, 5.41) is 8.48. The van der Waals surface area contributed by atoms with Crippen LogP contribution in [0, 0.1) is 5.92 Å². The highest BCUT2D eigenvalue weighted by atomic mass is 32.2. The van der Waals surface area contributed by atoms with Gasteiger partial charge in [-0.3, -0.25) is 0 Å². The third-order valence-corrected chi connectivity index (χ3v) is 4.32. The Morgan fingerprint density at radius 2 is 1.94 bits per heavy atom. The molecular formula is C12H19N3O2S. The lowest BCUT2D eigenvalue weighted by atomic mass is 9.98. The van der Waals surface area contributed by atoms with Crippen molar-refractivity contribution in [3.8, 4) is 0 Å². The Bertz CT molecular complexity index is 563. The van der Waals surface area contributed by atoms with Gasteiger partial charge >= 0.3 is 0 Å². The highest BCUT2D eigenvalue weighted by Crippen LogP contribution is 2.41. The maximum absolute atomic E-state index is 11.6. The fourth-order valence-electron chi connectivity index (χ4n) is 2.13. The minimum Gasteiger partial charge on any atom is -0.399 e. The summed E-state index contributed by atoms with van der Waals surface area (Å²) in [4.78, 5) is 0.0521. The Hall–Kier alpha value is -1.27. The summed E-state index contributed by atoms with van der Waals surface area (Å²) in [5.74, 6) is 0.573. The lowest BCUT2D eigenvalue weighted by Gasteiger charge is -2.28. The molecule has 1 aliphatic rings. The van der Waals surface area contributed by atoms with E-state index in [1.54, 1.807) is 12.1 Å². The molecule has 6 heteroatoms. The van der Waals surface area contributed by atoms with Gasteiger partial charge in [0.15, 0.2) is 0 Å². The van der Waals surface area contributed by atoms with Crippen LogP contribution < -0.4 is 16.2 Å². The first-order chi connectivity index (χ1) is 8.20. The zero-order valence-electron chi connectivity index (χ0n) is 10.6. The van der Waals surface area contributed by atoms with Crippen LogP contribution >= 0.6 is 0 Å². The van der Waals surface area contributed by atoms with Crippen molar-refractivity contribution in [1.82, 2.24) is 0 Å². The highest BCUT2D eigenvalue weighted by Gasteiger charge is 2.38. The van der Waals surface area contributed by atoms with Crippen LogP contribution in [0.15, 0.2) is 23.1 Å². The summed E-state index contributed by atoms with van der Waals surface area (Å²) in [6, 6.07) is 4.72. The number of sulfonamides is 1. The third kappa shape index (κ3) is 2.76. The molecule has 0 radical (unpaired) electrons. The average Bonchev–Trinajstić information content (AvgIpc) is 3.02. The number of hydrogen-bond acceptors (Lipinski definition) is 4. The van der Waals surface area contributed by atoms with Gasteiger partial charge in [-0.2, -0.15) is 0 Å². The second-order valence-corrected chi connectivity index (χ2v) is 6.95. The van der Waals surface area contributed by atoms with E-state index in [0.717, 1.165) is 0 Å². The average molecular weight is 269 g/mol. The van der Waals surface area contributed by atoms with Crippen molar-refractivity contribution in [3.63, 3.8) is 0 Å². The quantitative estimate of drug-likeness (QED) is 0.722. The van der Waals surface area contributed by atoms with E-state index in [-0.39, 0.29) is 10.4 Å². The smallest absolute Gasteiger partial charge is 0.240 e. The number of nitrogen functional groups attached to an aromatic ring is 1. The first-order valence-corrected chi connectivity index (χ1v) is 7.45. The van der Waals surface area contributed by atoms with Crippen LogP contribution in [0.1, 0.15) is 26.7 Å². The fraction of sp³-hybridized carbons (Fsp3) is 0.500. The van der Waals surface area contributed by atoms with Gasteiger partial charge in [-0.25, -0.2) is 13.6 Å². The van der Waals surface area contributed by atoms with E-state index in [1.165, 1.54) is 18.9 Å². The van der Waals surface area contributed by atoms with Gasteiger partial charge in [-0.1, -0.05) is 0 Å². The summed E-state index contributed by atoms with van der Waals surface area (Å²) in [5.41, 5.74) is 6.37. The van der Waals surface area contributed by atoms with Crippen LogP contribution in [0.4, 0.5) is 11.4 Å². The number of primary sulfonamides is 1. The maximum atomic E-state index is 11.6. The van der Waals surface area contributed by atoms with E-state index >= 15 is 0 Å². The second-order valence-electron chi connectivity index (χ2n) is 5.42. The van der Waals surface area contributed by atoms with Gasteiger partial charge in [0, 0.05) is 11.2 Å². The number of anilines is 2. The molecule has 0 bridgehead atoms. The normalized spacial score (nSPS) is 16.6. The number of nitrogens with two attached hydrogens (primary N) is 2. The number of rotatable bonds is 4. The van der Waals surface area contributed by atoms with Crippen molar-refractivity contribution < 1.29 is 8.42 Å². The molecule has 1 aliphatic carbocycles. The van der Waals surface area contributed by atoms with Crippen molar-refractivity contribution in [3.05, 3.63) is 18.2 Å². The van der Waals surface area contributed by atoms with Crippen molar-refractivity contribution in [2.45, 2.75) is 37.1 Å². The minimum atomic E-state index is -3.78. The zero-order chi connectivity index (χ0) is 13.6. The first-order valence-electron chi connectivity index (χ1n) is 5.91. The third-order valence-electron chi connectivity index (χ3n) is 3.37. The summed E-state index contributed by atoms with van der Waals surface area (Å²) < 4.78 is 23.1. The van der Waals surface area contributed by atoms with Crippen LogP contribution in [0.5, 0.6) is 0 Å². The van der Waals surface area contributed by atoms with E-state index in [4.69, 9.17) is 10.9 Å². The topological polar surface area (TPSA) is 98.2 Å². The molecule has 0 heterocycles. The molecular weight excluding hydrogens is 250 g/mol. The Kier molecular flexibility index (Phi) is 3.03. The molecule has 1 aromatic rings. The van der Waals surface area contributed by atoms with Crippen molar-refractivity contribution >= 4 is 21.4 Å². The Balaban J connectivity index is 2.38. The second kappa shape index (κ2) is 4.13. The summed E-state index contributed by atoms with van der Waals surface area (Å²) in [6.45, 7) is 4.13. The molecule has 18 heavy (non-hydrogen) atoms. The zero-order valence-corrected chi connectivity index (χ0v) is 11.4. The molecule has 5 nitrogen and oxygen atoms in total. The molecule has 1 fully saturated rings. The van der Waals surface area contributed by atoms with Gasteiger partial charge in [0.05, 0.1) is 5.69 Å². The van der Waals surface area contributed by atoms with E-state index < -0.39 is 10.0 Å².